The monoisotopic (exact) mass is 323 g/mol. The molecule has 24 heavy (non-hydrogen) atoms. The molecule has 0 atom stereocenters. The van der Waals surface area contributed by atoms with Crippen molar-refractivity contribution in [2.24, 2.45) is 5.92 Å². The molecule has 0 bridgehead atoms. The largest absolute Gasteiger partial charge is 0.338 e. The number of hydrogen-bond donors (Lipinski definition) is 1. The summed E-state index contributed by atoms with van der Waals surface area (Å²) in [6, 6.07) is 14.7. The molecular weight excluding hydrogens is 298 g/mol. The maximum Gasteiger partial charge on any atom is 0.317 e. The molecule has 1 fully saturated rings. The molecule has 1 aromatic carbocycles. The molecule has 3 rings (SSSR count). The van der Waals surface area contributed by atoms with Gasteiger partial charge in [-0.1, -0.05) is 30.3 Å². The number of aromatic nitrogens is 1. The fourth-order valence-electron chi connectivity index (χ4n) is 3.26. The Bertz CT molecular complexity index is 622. The van der Waals surface area contributed by atoms with Gasteiger partial charge in [0.25, 0.3) is 0 Å². The molecule has 1 saturated heterocycles. The molecule has 0 unspecified atom stereocenters. The summed E-state index contributed by atoms with van der Waals surface area (Å²) in [5.41, 5.74) is 2.60. The highest BCUT2D eigenvalue weighted by molar-refractivity contribution is 5.74. The highest BCUT2D eigenvalue weighted by Gasteiger charge is 2.22. The average Bonchev–Trinajstić information content (AvgIpc) is 2.64. The highest BCUT2D eigenvalue weighted by atomic mass is 16.2. The summed E-state index contributed by atoms with van der Waals surface area (Å²) in [6.45, 7) is 2.39. The van der Waals surface area contributed by atoms with E-state index in [9.17, 15) is 4.79 Å². The molecular formula is C20H25N3O. The Balaban J connectivity index is 1.37. The minimum absolute atomic E-state index is 0.0715. The van der Waals surface area contributed by atoms with Crippen molar-refractivity contribution in [2.45, 2.75) is 25.7 Å². The van der Waals surface area contributed by atoms with Crippen molar-refractivity contribution in [1.29, 1.82) is 0 Å². The fourth-order valence-corrected chi connectivity index (χ4v) is 3.26. The lowest BCUT2D eigenvalue weighted by atomic mass is 9.90. The maximum atomic E-state index is 12.3. The van der Waals surface area contributed by atoms with E-state index in [0.29, 0.717) is 12.5 Å². The predicted octanol–water partition coefficient (Wildman–Crippen LogP) is 3.29. The zero-order valence-corrected chi connectivity index (χ0v) is 14.0. The number of benzene rings is 1. The van der Waals surface area contributed by atoms with Crippen molar-refractivity contribution in [3.63, 3.8) is 0 Å². The zero-order valence-electron chi connectivity index (χ0n) is 14.0. The molecule has 2 aromatic rings. The number of carbonyl (C=O) groups excluding carboxylic acids is 1. The molecule has 1 N–H and O–H groups in total. The van der Waals surface area contributed by atoms with E-state index in [1.54, 1.807) is 12.4 Å². The van der Waals surface area contributed by atoms with Crippen LogP contribution in [0, 0.1) is 5.92 Å². The van der Waals surface area contributed by atoms with Crippen molar-refractivity contribution in [1.82, 2.24) is 15.2 Å². The number of pyridine rings is 1. The van der Waals surface area contributed by atoms with Crippen LogP contribution >= 0.6 is 0 Å². The Hall–Kier alpha value is -2.36. The summed E-state index contributed by atoms with van der Waals surface area (Å²) in [7, 11) is 0. The average molecular weight is 323 g/mol. The van der Waals surface area contributed by atoms with Crippen LogP contribution in [0.5, 0.6) is 0 Å². The summed E-state index contributed by atoms with van der Waals surface area (Å²) >= 11 is 0. The Morgan fingerprint density at radius 1 is 1.04 bits per heavy atom. The lowest BCUT2D eigenvalue weighted by Crippen LogP contribution is -2.45. The second-order valence-electron chi connectivity index (χ2n) is 6.46. The molecule has 1 aromatic heterocycles. The first-order valence-corrected chi connectivity index (χ1v) is 8.77. The Morgan fingerprint density at radius 3 is 2.46 bits per heavy atom. The number of amides is 2. The van der Waals surface area contributed by atoms with Crippen LogP contribution in [0.2, 0.25) is 0 Å². The van der Waals surface area contributed by atoms with E-state index in [-0.39, 0.29) is 6.03 Å². The van der Waals surface area contributed by atoms with E-state index in [1.165, 1.54) is 11.1 Å². The van der Waals surface area contributed by atoms with Crippen LogP contribution in [0.25, 0.3) is 0 Å². The van der Waals surface area contributed by atoms with Gasteiger partial charge in [-0.15, -0.1) is 0 Å². The Kier molecular flexibility index (Phi) is 5.83. The van der Waals surface area contributed by atoms with E-state index in [0.717, 1.165) is 38.8 Å². The predicted molar refractivity (Wildman–Crippen MR) is 95.8 cm³/mol. The molecule has 0 spiro atoms. The third-order valence-corrected chi connectivity index (χ3v) is 4.71. The van der Waals surface area contributed by atoms with Crippen molar-refractivity contribution in [3.05, 3.63) is 66.0 Å². The van der Waals surface area contributed by atoms with Crippen LogP contribution < -0.4 is 5.32 Å². The molecule has 1 aliphatic rings. The van der Waals surface area contributed by atoms with Gasteiger partial charge in [-0.2, -0.15) is 0 Å². The summed E-state index contributed by atoms with van der Waals surface area (Å²) in [4.78, 5) is 18.2. The minimum Gasteiger partial charge on any atom is -0.338 e. The van der Waals surface area contributed by atoms with E-state index in [4.69, 9.17) is 0 Å². The first-order valence-electron chi connectivity index (χ1n) is 8.77. The van der Waals surface area contributed by atoms with Crippen LogP contribution in [0.1, 0.15) is 24.0 Å². The van der Waals surface area contributed by atoms with Crippen molar-refractivity contribution < 1.29 is 4.79 Å². The third kappa shape index (κ3) is 4.82. The number of nitrogens with zero attached hydrogens (tertiary/aromatic N) is 2. The van der Waals surface area contributed by atoms with Gasteiger partial charge in [-0.25, -0.2) is 4.79 Å². The third-order valence-electron chi connectivity index (χ3n) is 4.71. The number of urea groups is 1. The topological polar surface area (TPSA) is 45.2 Å². The molecule has 0 aliphatic carbocycles. The van der Waals surface area contributed by atoms with Gasteiger partial charge < -0.3 is 10.2 Å². The number of piperidine rings is 1. The van der Waals surface area contributed by atoms with Crippen LogP contribution in [-0.2, 0) is 12.8 Å². The molecule has 4 nitrogen and oxygen atoms in total. The highest BCUT2D eigenvalue weighted by Crippen LogP contribution is 2.21. The number of nitrogens with one attached hydrogen (secondary N) is 1. The van der Waals surface area contributed by atoms with Gasteiger partial charge in [0.1, 0.15) is 0 Å². The number of hydrogen-bond acceptors (Lipinski definition) is 2. The molecule has 0 radical (unpaired) electrons. The van der Waals surface area contributed by atoms with Crippen molar-refractivity contribution in [3.8, 4) is 0 Å². The summed E-state index contributed by atoms with van der Waals surface area (Å²) in [6.07, 6.45) is 7.72. The lowest BCUT2D eigenvalue weighted by Gasteiger charge is -2.32. The first-order chi connectivity index (χ1) is 11.8. The van der Waals surface area contributed by atoms with Gasteiger partial charge >= 0.3 is 6.03 Å². The van der Waals surface area contributed by atoms with Gasteiger partial charge in [0.15, 0.2) is 0 Å². The van der Waals surface area contributed by atoms with Crippen molar-refractivity contribution >= 4 is 6.03 Å². The standard InChI is InChI=1S/C20H25N3O/c24-20(22-13-8-17-6-11-21-12-7-17)23-14-9-19(10-15-23)16-18-4-2-1-3-5-18/h1-7,11-12,19H,8-10,13-16H2,(H,22,24). The minimum atomic E-state index is 0.0715. The molecule has 126 valence electrons. The molecule has 1 aliphatic heterocycles. The van der Waals surface area contributed by atoms with Crippen molar-refractivity contribution in [2.75, 3.05) is 19.6 Å². The first kappa shape index (κ1) is 16.5. The smallest absolute Gasteiger partial charge is 0.317 e. The lowest BCUT2D eigenvalue weighted by molar-refractivity contribution is 0.170. The summed E-state index contributed by atoms with van der Waals surface area (Å²) in [5.74, 6) is 0.688. The van der Waals surface area contributed by atoms with Gasteiger partial charge in [-0.05, 0) is 54.9 Å². The normalized spacial score (nSPS) is 15.2. The molecule has 0 saturated carbocycles. The van der Waals surface area contributed by atoms with Crippen LogP contribution in [0.3, 0.4) is 0 Å². The molecule has 2 amide bonds. The van der Waals surface area contributed by atoms with E-state index in [2.05, 4.69) is 40.6 Å². The van der Waals surface area contributed by atoms with E-state index in [1.807, 2.05) is 17.0 Å². The van der Waals surface area contributed by atoms with Gasteiger partial charge in [0, 0.05) is 32.0 Å². The number of rotatable bonds is 5. The van der Waals surface area contributed by atoms with Crippen LogP contribution in [-0.4, -0.2) is 35.5 Å². The SMILES string of the molecule is O=C(NCCc1ccncc1)N1CCC(Cc2ccccc2)CC1. The number of likely N-dealkylation sites (tertiary alicyclic amines) is 1. The van der Waals surface area contributed by atoms with E-state index < -0.39 is 0 Å². The Labute approximate surface area is 143 Å². The maximum absolute atomic E-state index is 12.3. The summed E-state index contributed by atoms with van der Waals surface area (Å²) in [5, 5.41) is 3.03. The summed E-state index contributed by atoms with van der Waals surface area (Å²) < 4.78 is 0. The second kappa shape index (κ2) is 8.48. The van der Waals surface area contributed by atoms with Crippen LogP contribution in [0.4, 0.5) is 4.79 Å². The Morgan fingerprint density at radius 2 is 1.75 bits per heavy atom. The van der Waals surface area contributed by atoms with E-state index >= 15 is 0 Å². The van der Waals surface area contributed by atoms with Crippen LogP contribution in [0.15, 0.2) is 54.9 Å². The molecule has 2 heterocycles. The quantitative estimate of drug-likeness (QED) is 0.918. The van der Waals surface area contributed by atoms with Gasteiger partial charge in [0.05, 0.1) is 0 Å². The fraction of sp³-hybridized carbons (Fsp3) is 0.400. The molecule has 4 heteroatoms. The zero-order chi connectivity index (χ0) is 16.6. The second-order valence-corrected chi connectivity index (χ2v) is 6.46. The van der Waals surface area contributed by atoms with Gasteiger partial charge in [-0.3, -0.25) is 4.98 Å². The van der Waals surface area contributed by atoms with Gasteiger partial charge in [0.2, 0.25) is 0 Å². The number of carbonyl (C=O) groups is 1.